The van der Waals surface area contributed by atoms with Crippen molar-refractivity contribution in [2.24, 2.45) is 0 Å². The number of aromatic nitrogens is 2. The van der Waals surface area contributed by atoms with Gasteiger partial charge in [0, 0.05) is 23.6 Å². The average Bonchev–Trinajstić information content (AvgIpc) is 3.22. The number of hydrogen-bond acceptors (Lipinski definition) is 5. The van der Waals surface area contributed by atoms with E-state index in [1.165, 1.54) is 6.08 Å². The molecule has 7 nitrogen and oxygen atoms in total. The van der Waals surface area contributed by atoms with Gasteiger partial charge in [0.05, 0.1) is 18.5 Å². The maximum Gasteiger partial charge on any atom is 0.314 e. The van der Waals surface area contributed by atoms with Crippen LogP contribution in [-0.4, -0.2) is 35.2 Å². The van der Waals surface area contributed by atoms with E-state index in [0.29, 0.717) is 5.82 Å². The molecule has 0 spiro atoms. The largest absolute Gasteiger partial charge is 0.497 e. The third kappa shape index (κ3) is 3.53. The molecule has 130 valence electrons. The number of thioether (sulfide) groups is 1. The molecule has 3 rings (SSSR count). The van der Waals surface area contributed by atoms with Crippen molar-refractivity contribution >= 4 is 29.4 Å². The molecule has 1 aromatic heterocycles. The van der Waals surface area contributed by atoms with Gasteiger partial charge in [0.2, 0.25) is 0 Å². The number of amides is 2. The molecule has 0 saturated heterocycles. The highest BCUT2D eigenvalue weighted by Gasteiger charge is 2.26. The quantitative estimate of drug-likeness (QED) is 0.630. The van der Waals surface area contributed by atoms with Crippen LogP contribution in [0.5, 0.6) is 5.75 Å². The van der Waals surface area contributed by atoms with Crippen LogP contribution < -0.4 is 15.4 Å². The van der Waals surface area contributed by atoms with Crippen LogP contribution in [0.1, 0.15) is 11.3 Å². The summed E-state index contributed by atoms with van der Waals surface area (Å²) in [6.45, 7) is 3.74. The Bertz CT molecular complexity index is 814. The first-order chi connectivity index (χ1) is 12.1. The third-order valence-corrected chi connectivity index (χ3v) is 4.68. The SMILES string of the molecule is C=CCNC(=O)C(=O)Nc1c2c(nn1-c1ccc(OC)cc1)CSC2. The molecule has 1 aliphatic rings. The van der Waals surface area contributed by atoms with Gasteiger partial charge in [-0.15, -0.1) is 6.58 Å². The van der Waals surface area contributed by atoms with Gasteiger partial charge in [-0.3, -0.25) is 9.59 Å². The number of anilines is 1. The summed E-state index contributed by atoms with van der Waals surface area (Å²) in [6, 6.07) is 7.34. The lowest BCUT2D eigenvalue weighted by molar-refractivity contribution is -0.136. The molecule has 0 radical (unpaired) electrons. The Morgan fingerprint density at radius 2 is 2.08 bits per heavy atom. The van der Waals surface area contributed by atoms with Gasteiger partial charge in [0.25, 0.3) is 0 Å². The van der Waals surface area contributed by atoms with Crippen molar-refractivity contribution in [1.29, 1.82) is 0 Å². The molecule has 0 fully saturated rings. The number of nitrogens with one attached hydrogen (secondary N) is 2. The Morgan fingerprint density at radius 3 is 2.76 bits per heavy atom. The zero-order chi connectivity index (χ0) is 17.8. The van der Waals surface area contributed by atoms with E-state index in [0.717, 1.165) is 34.2 Å². The van der Waals surface area contributed by atoms with Gasteiger partial charge in [-0.2, -0.15) is 16.9 Å². The second-order valence-corrected chi connectivity index (χ2v) is 6.31. The predicted molar refractivity (Wildman–Crippen MR) is 97.0 cm³/mol. The van der Waals surface area contributed by atoms with E-state index >= 15 is 0 Å². The molecular formula is C17H18N4O3S. The second kappa shape index (κ2) is 7.43. The lowest BCUT2D eigenvalue weighted by Crippen LogP contribution is -2.36. The minimum absolute atomic E-state index is 0.234. The van der Waals surface area contributed by atoms with Crippen LogP contribution in [0.3, 0.4) is 0 Å². The molecule has 1 aromatic carbocycles. The van der Waals surface area contributed by atoms with Crippen molar-refractivity contribution in [3.8, 4) is 11.4 Å². The number of benzene rings is 1. The van der Waals surface area contributed by atoms with E-state index in [-0.39, 0.29) is 6.54 Å². The second-order valence-electron chi connectivity index (χ2n) is 5.33. The van der Waals surface area contributed by atoms with Gasteiger partial charge in [0.1, 0.15) is 11.6 Å². The van der Waals surface area contributed by atoms with E-state index in [9.17, 15) is 9.59 Å². The highest BCUT2D eigenvalue weighted by atomic mass is 32.2. The molecule has 0 aliphatic carbocycles. The molecule has 0 atom stereocenters. The molecule has 2 N–H and O–H groups in total. The Hall–Kier alpha value is -2.74. The van der Waals surface area contributed by atoms with Crippen molar-refractivity contribution in [2.75, 3.05) is 19.0 Å². The summed E-state index contributed by atoms with van der Waals surface area (Å²) in [5.41, 5.74) is 2.65. The van der Waals surface area contributed by atoms with Crippen molar-refractivity contribution in [3.05, 3.63) is 48.2 Å². The van der Waals surface area contributed by atoms with Crippen molar-refractivity contribution in [2.45, 2.75) is 11.5 Å². The van der Waals surface area contributed by atoms with Gasteiger partial charge >= 0.3 is 11.8 Å². The maximum atomic E-state index is 12.2. The zero-order valence-electron chi connectivity index (χ0n) is 13.7. The zero-order valence-corrected chi connectivity index (χ0v) is 14.6. The van der Waals surface area contributed by atoms with Crippen molar-refractivity contribution in [3.63, 3.8) is 0 Å². The molecule has 25 heavy (non-hydrogen) atoms. The van der Waals surface area contributed by atoms with Gasteiger partial charge < -0.3 is 15.4 Å². The molecular weight excluding hydrogens is 340 g/mol. The smallest absolute Gasteiger partial charge is 0.314 e. The number of carbonyl (C=O) groups is 2. The van der Waals surface area contributed by atoms with E-state index in [4.69, 9.17) is 4.74 Å². The molecule has 2 amide bonds. The van der Waals surface area contributed by atoms with Crippen molar-refractivity contribution < 1.29 is 14.3 Å². The van der Waals surface area contributed by atoms with Crippen LogP contribution in [0.15, 0.2) is 36.9 Å². The van der Waals surface area contributed by atoms with Gasteiger partial charge in [-0.25, -0.2) is 4.68 Å². The standard InChI is InChI=1S/C17H18N4O3S/c1-3-8-18-16(22)17(23)19-15-13-9-25-10-14(13)20-21(15)11-4-6-12(24-2)7-5-11/h3-7H,1,8-10H2,2H3,(H,18,22)(H,19,23). The van der Waals surface area contributed by atoms with E-state index in [1.54, 1.807) is 23.6 Å². The predicted octanol–water partition coefficient (Wildman–Crippen LogP) is 1.87. The summed E-state index contributed by atoms with van der Waals surface area (Å²) >= 11 is 1.72. The first-order valence-electron chi connectivity index (χ1n) is 7.67. The van der Waals surface area contributed by atoms with Crippen LogP contribution in [-0.2, 0) is 21.1 Å². The van der Waals surface area contributed by atoms with Crippen LogP contribution in [0.4, 0.5) is 5.82 Å². The molecule has 0 bridgehead atoms. The van der Waals surface area contributed by atoms with Gasteiger partial charge in [-0.1, -0.05) is 6.08 Å². The molecule has 0 unspecified atom stereocenters. The van der Waals surface area contributed by atoms with E-state index in [1.807, 2.05) is 24.3 Å². The minimum atomic E-state index is -0.726. The molecule has 2 heterocycles. The monoisotopic (exact) mass is 358 g/mol. The molecule has 0 saturated carbocycles. The van der Waals surface area contributed by atoms with Crippen LogP contribution in [0.2, 0.25) is 0 Å². The summed E-state index contributed by atoms with van der Waals surface area (Å²) in [5.74, 6) is 1.36. The summed E-state index contributed by atoms with van der Waals surface area (Å²) in [5, 5.41) is 9.75. The highest BCUT2D eigenvalue weighted by Crippen LogP contribution is 2.36. The fourth-order valence-electron chi connectivity index (χ4n) is 2.46. The lowest BCUT2D eigenvalue weighted by atomic mass is 10.2. The van der Waals surface area contributed by atoms with Crippen LogP contribution in [0, 0.1) is 0 Å². The third-order valence-electron chi connectivity index (χ3n) is 3.71. The lowest BCUT2D eigenvalue weighted by Gasteiger charge is -2.11. The molecule has 8 heteroatoms. The fourth-order valence-corrected chi connectivity index (χ4v) is 3.50. The fraction of sp³-hybridized carbons (Fsp3) is 0.235. The summed E-state index contributed by atoms with van der Waals surface area (Å²) in [6.07, 6.45) is 1.52. The maximum absolute atomic E-state index is 12.2. The normalized spacial score (nSPS) is 12.4. The molecule has 1 aliphatic heterocycles. The first-order valence-corrected chi connectivity index (χ1v) is 8.82. The number of carbonyl (C=O) groups excluding carboxylic acids is 2. The summed E-state index contributed by atoms with van der Waals surface area (Å²) < 4.78 is 6.82. The first kappa shape index (κ1) is 17.1. The Morgan fingerprint density at radius 1 is 1.32 bits per heavy atom. The summed E-state index contributed by atoms with van der Waals surface area (Å²) in [7, 11) is 1.60. The van der Waals surface area contributed by atoms with Crippen molar-refractivity contribution in [1.82, 2.24) is 15.1 Å². The number of ether oxygens (including phenoxy) is 1. The summed E-state index contributed by atoms with van der Waals surface area (Å²) in [4.78, 5) is 24.0. The topological polar surface area (TPSA) is 85.3 Å². The van der Waals surface area contributed by atoms with Gasteiger partial charge in [0.15, 0.2) is 0 Å². The number of nitrogens with zero attached hydrogens (tertiary/aromatic N) is 2. The highest BCUT2D eigenvalue weighted by molar-refractivity contribution is 7.98. The Kier molecular flexibility index (Phi) is 5.08. The minimum Gasteiger partial charge on any atom is -0.497 e. The van der Waals surface area contributed by atoms with E-state index in [2.05, 4.69) is 22.3 Å². The average molecular weight is 358 g/mol. The number of rotatable bonds is 5. The number of hydrogen-bond donors (Lipinski definition) is 2. The van der Waals surface area contributed by atoms with Crippen LogP contribution >= 0.6 is 11.8 Å². The Balaban J connectivity index is 1.90. The van der Waals surface area contributed by atoms with E-state index < -0.39 is 11.8 Å². The number of fused-ring (bicyclic) bond motifs is 1. The Labute approximate surface area is 149 Å². The number of methoxy groups -OCH3 is 1. The van der Waals surface area contributed by atoms with Crippen LogP contribution in [0.25, 0.3) is 5.69 Å². The molecule has 2 aromatic rings. The van der Waals surface area contributed by atoms with Gasteiger partial charge in [-0.05, 0) is 24.3 Å².